The van der Waals surface area contributed by atoms with Crippen molar-refractivity contribution in [3.05, 3.63) is 0 Å². The van der Waals surface area contributed by atoms with Crippen LogP contribution in [0.2, 0.25) is 0 Å². The molecule has 94 valence electrons. The molecule has 0 spiro atoms. The first kappa shape index (κ1) is 14.9. The second kappa shape index (κ2) is 8.10. The third kappa shape index (κ3) is 5.70. The third-order valence-electron chi connectivity index (χ3n) is 2.21. The number of esters is 1. The fourth-order valence-corrected chi connectivity index (χ4v) is 1.29. The van der Waals surface area contributed by atoms with E-state index in [0.29, 0.717) is 19.5 Å². The number of aliphatic hydroxyl groups is 1. The molecule has 0 fully saturated rings. The predicted molar refractivity (Wildman–Crippen MR) is 59.8 cm³/mol. The van der Waals surface area contributed by atoms with Gasteiger partial charge in [0.2, 0.25) is 5.91 Å². The Morgan fingerprint density at radius 3 is 2.38 bits per heavy atom. The predicted octanol–water partition coefficient (Wildman–Crippen LogP) is 0.416. The molecule has 1 N–H and O–H groups in total. The van der Waals surface area contributed by atoms with E-state index in [0.717, 1.165) is 0 Å². The smallest absolute Gasteiger partial charge is 0.307 e. The van der Waals surface area contributed by atoms with Gasteiger partial charge in [-0.05, 0) is 6.42 Å². The van der Waals surface area contributed by atoms with Gasteiger partial charge in [-0.2, -0.15) is 0 Å². The Bertz CT molecular complexity index is 228. The first-order chi connectivity index (χ1) is 7.52. The van der Waals surface area contributed by atoms with E-state index in [1.54, 1.807) is 4.90 Å². The van der Waals surface area contributed by atoms with Crippen LogP contribution < -0.4 is 0 Å². The molecular weight excluding hydrogens is 210 g/mol. The molecule has 0 aromatic carbocycles. The summed E-state index contributed by atoms with van der Waals surface area (Å²) in [4.78, 5) is 24.3. The van der Waals surface area contributed by atoms with Crippen molar-refractivity contribution in [3.8, 4) is 0 Å². The van der Waals surface area contributed by atoms with Crippen LogP contribution in [0.5, 0.6) is 0 Å². The Morgan fingerprint density at radius 2 is 1.94 bits per heavy atom. The van der Waals surface area contributed by atoms with Crippen LogP contribution in [-0.4, -0.2) is 48.7 Å². The highest BCUT2D eigenvalue weighted by atomic mass is 16.5. The van der Waals surface area contributed by atoms with Gasteiger partial charge >= 0.3 is 5.97 Å². The van der Waals surface area contributed by atoms with Gasteiger partial charge in [0, 0.05) is 25.6 Å². The summed E-state index contributed by atoms with van der Waals surface area (Å²) in [5.41, 5.74) is 0. The largest absolute Gasteiger partial charge is 0.469 e. The van der Waals surface area contributed by atoms with Gasteiger partial charge in [-0.25, -0.2) is 0 Å². The Hall–Kier alpha value is -1.10. The van der Waals surface area contributed by atoms with Crippen molar-refractivity contribution in [3.63, 3.8) is 0 Å². The van der Waals surface area contributed by atoms with E-state index in [4.69, 9.17) is 5.11 Å². The van der Waals surface area contributed by atoms with Crippen LogP contribution >= 0.6 is 0 Å². The normalized spacial score (nSPS) is 10.3. The Balaban J connectivity index is 4.20. The minimum atomic E-state index is -0.328. The zero-order valence-electron chi connectivity index (χ0n) is 10.2. The lowest BCUT2D eigenvalue weighted by molar-refractivity contribution is -0.142. The highest BCUT2D eigenvalue weighted by molar-refractivity contribution is 5.79. The molecule has 5 heteroatoms. The van der Waals surface area contributed by atoms with Crippen LogP contribution in [0.4, 0.5) is 0 Å². The number of hydrogen-bond acceptors (Lipinski definition) is 4. The van der Waals surface area contributed by atoms with E-state index in [-0.39, 0.29) is 30.8 Å². The lowest BCUT2D eigenvalue weighted by Gasteiger charge is -2.23. The molecule has 0 unspecified atom stereocenters. The summed E-state index contributed by atoms with van der Waals surface area (Å²) < 4.78 is 4.52. The van der Waals surface area contributed by atoms with Crippen molar-refractivity contribution < 1.29 is 19.4 Å². The van der Waals surface area contributed by atoms with Gasteiger partial charge in [0.15, 0.2) is 0 Å². The summed E-state index contributed by atoms with van der Waals surface area (Å²) in [6.45, 7) is 4.49. The monoisotopic (exact) mass is 231 g/mol. The molecule has 0 aliphatic heterocycles. The number of carbonyl (C=O) groups excluding carboxylic acids is 2. The van der Waals surface area contributed by atoms with E-state index in [1.807, 2.05) is 13.8 Å². The van der Waals surface area contributed by atoms with E-state index < -0.39 is 0 Å². The van der Waals surface area contributed by atoms with E-state index in [1.165, 1.54) is 7.11 Å². The third-order valence-corrected chi connectivity index (χ3v) is 2.21. The van der Waals surface area contributed by atoms with Crippen LogP contribution in [0, 0.1) is 5.92 Å². The average Bonchev–Trinajstić information content (AvgIpc) is 2.27. The highest BCUT2D eigenvalue weighted by Crippen LogP contribution is 2.04. The number of ether oxygens (including phenoxy) is 1. The van der Waals surface area contributed by atoms with Crippen LogP contribution in [0.1, 0.15) is 26.7 Å². The topological polar surface area (TPSA) is 66.8 Å². The number of amides is 1. The summed E-state index contributed by atoms with van der Waals surface area (Å²) in [7, 11) is 1.32. The van der Waals surface area contributed by atoms with Crippen molar-refractivity contribution in [2.45, 2.75) is 26.7 Å². The van der Waals surface area contributed by atoms with Crippen LogP contribution in [0.25, 0.3) is 0 Å². The molecular formula is C11H21NO4. The first-order valence-electron chi connectivity index (χ1n) is 5.49. The maximum Gasteiger partial charge on any atom is 0.307 e. The molecule has 0 aromatic heterocycles. The standard InChI is InChI=1S/C11H21NO4/c1-9(2)11(15)12(6-4-8-13)7-5-10(14)16-3/h9,13H,4-8H2,1-3H3. The van der Waals surface area contributed by atoms with Crippen LogP contribution in [-0.2, 0) is 14.3 Å². The van der Waals surface area contributed by atoms with E-state index in [9.17, 15) is 9.59 Å². The number of hydrogen-bond donors (Lipinski definition) is 1. The Kier molecular flexibility index (Phi) is 7.54. The SMILES string of the molecule is COC(=O)CCN(CCCO)C(=O)C(C)C. The number of methoxy groups -OCH3 is 1. The van der Waals surface area contributed by atoms with Gasteiger partial charge in [-0.15, -0.1) is 0 Å². The van der Waals surface area contributed by atoms with Gasteiger partial charge < -0.3 is 14.7 Å². The van der Waals surface area contributed by atoms with E-state index in [2.05, 4.69) is 4.74 Å². The molecule has 0 aromatic rings. The summed E-state index contributed by atoms with van der Waals surface area (Å²) in [6.07, 6.45) is 0.722. The van der Waals surface area contributed by atoms with Gasteiger partial charge in [0.1, 0.15) is 0 Å². The Labute approximate surface area is 96.4 Å². The minimum absolute atomic E-state index is 0.00245. The average molecular weight is 231 g/mol. The first-order valence-corrected chi connectivity index (χ1v) is 5.49. The quantitative estimate of drug-likeness (QED) is 0.645. The minimum Gasteiger partial charge on any atom is -0.469 e. The van der Waals surface area contributed by atoms with Crippen molar-refractivity contribution in [2.75, 3.05) is 26.8 Å². The van der Waals surface area contributed by atoms with Crippen molar-refractivity contribution in [2.24, 2.45) is 5.92 Å². The maximum atomic E-state index is 11.7. The number of rotatable bonds is 7. The van der Waals surface area contributed by atoms with Crippen LogP contribution in [0.15, 0.2) is 0 Å². The summed E-state index contributed by atoms with van der Waals surface area (Å²) in [5.74, 6) is -0.431. The molecule has 0 aliphatic carbocycles. The number of carbonyl (C=O) groups is 2. The van der Waals surface area contributed by atoms with Crippen molar-refractivity contribution >= 4 is 11.9 Å². The molecule has 0 radical (unpaired) electrons. The highest BCUT2D eigenvalue weighted by Gasteiger charge is 2.17. The zero-order valence-corrected chi connectivity index (χ0v) is 10.2. The van der Waals surface area contributed by atoms with Gasteiger partial charge in [0.05, 0.1) is 13.5 Å². The van der Waals surface area contributed by atoms with Crippen molar-refractivity contribution in [1.29, 1.82) is 0 Å². The summed E-state index contributed by atoms with van der Waals surface area (Å²) in [5, 5.41) is 8.73. The second-order valence-electron chi connectivity index (χ2n) is 3.88. The fourth-order valence-electron chi connectivity index (χ4n) is 1.29. The maximum absolute atomic E-state index is 11.7. The second-order valence-corrected chi connectivity index (χ2v) is 3.88. The molecule has 0 rings (SSSR count). The molecule has 16 heavy (non-hydrogen) atoms. The van der Waals surface area contributed by atoms with Gasteiger partial charge in [0.25, 0.3) is 0 Å². The fraction of sp³-hybridized carbons (Fsp3) is 0.818. The molecule has 0 heterocycles. The number of nitrogens with zero attached hydrogens (tertiary/aromatic N) is 1. The van der Waals surface area contributed by atoms with Gasteiger partial charge in [-0.1, -0.05) is 13.8 Å². The Morgan fingerprint density at radius 1 is 1.31 bits per heavy atom. The molecule has 0 saturated carbocycles. The lowest BCUT2D eigenvalue weighted by Crippen LogP contribution is -2.37. The van der Waals surface area contributed by atoms with Crippen LogP contribution in [0.3, 0.4) is 0 Å². The number of aliphatic hydroxyl groups excluding tert-OH is 1. The van der Waals surface area contributed by atoms with E-state index >= 15 is 0 Å². The molecule has 0 atom stereocenters. The van der Waals surface area contributed by atoms with Crippen molar-refractivity contribution in [1.82, 2.24) is 4.90 Å². The summed E-state index contributed by atoms with van der Waals surface area (Å²) in [6, 6.07) is 0. The molecule has 5 nitrogen and oxygen atoms in total. The molecule has 0 aliphatic rings. The zero-order chi connectivity index (χ0) is 12.6. The molecule has 0 saturated heterocycles. The molecule has 0 bridgehead atoms. The molecule has 1 amide bonds. The summed E-state index contributed by atoms with van der Waals surface area (Å²) >= 11 is 0. The lowest BCUT2D eigenvalue weighted by atomic mass is 10.2. The van der Waals surface area contributed by atoms with Gasteiger partial charge in [-0.3, -0.25) is 9.59 Å².